The van der Waals surface area contributed by atoms with E-state index < -0.39 is 10.2 Å². The summed E-state index contributed by atoms with van der Waals surface area (Å²) in [5.41, 5.74) is 0. The average molecular weight is 260 g/mol. The summed E-state index contributed by atoms with van der Waals surface area (Å²) in [4.78, 5) is 11.9. The van der Waals surface area contributed by atoms with E-state index in [1.807, 2.05) is 0 Å². The lowest BCUT2D eigenvalue weighted by Crippen LogP contribution is -2.47. The zero-order valence-electron chi connectivity index (χ0n) is 10.2. The summed E-state index contributed by atoms with van der Waals surface area (Å²) in [7, 11) is -1.96. The van der Waals surface area contributed by atoms with Gasteiger partial charge in [0.15, 0.2) is 0 Å². The van der Waals surface area contributed by atoms with E-state index in [-0.39, 0.29) is 17.7 Å². The quantitative estimate of drug-likeness (QED) is 0.811. The van der Waals surface area contributed by atoms with Crippen LogP contribution in [0.5, 0.6) is 0 Å². The number of carbonyl (C=O) groups excluding carboxylic acids is 1. The van der Waals surface area contributed by atoms with Gasteiger partial charge in [-0.2, -0.15) is 12.7 Å². The van der Waals surface area contributed by atoms with E-state index in [0.717, 1.165) is 32.1 Å². The molecular formula is C11H20N2O3S. The van der Waals surface area contributed by atoms with Gasteiger partial charge in [0.2, 0.25) is 0 Å². The lowest BCUT2D eigenvalue weighted by atomic mass is 9.82. The molecule has 1 aliphatic carbocycles. The monoisotopic (exact) mass is 260 g/mol. The Labute approximate surface area is 103 Å². The van der Waals surface area contributed by atoms with Crippen LogP contribution in [-0.2, 0) is 15.0 Å². The van der Waals surface area contributed by atoms with Crippen LogP contribution < -0.4 is 4.72 Å². The van der Waals surface area contributed by atoms with Gasteiger partial charge in [-0.1, -0.05) is 6.42 Å². The third kappa shape index (κ3) is 2.53. The number of nitrogens with zero attached hydrogens (tertiary/aromatic N) is 1. The Morgan fingerprint density at radius 2 is 2.00 bits per heavy atom. The van der Waals surface area contributed by atoms with E-state index in [0.29, 0.717) is 13.0 Å². The zero-order chi connectivity index (χ0) is 12.5. The van der Waals surface area contributed by atoms with Gasteiger partial charge in [0.25, 0.3) is 10.2 Å². The Bertz CT molecular complexity index is 394. The molecule has 2 unspecified atom stereocenters. The molecule has 0 spiro atoms. The van der Waals surface area contributed by atoms with Crippen molar-refractivity contribution < 1.29 is 13.2 Å². The van der Waals surface area contributed by atoms with Gasteiger partial charge in [-0.25, -0.2) is 4.72 Å². The second-order valence-corrected chi connectivity index (χ2v) is 6.68. The minimum atomic E-state index is -3.39. The number of ketones is 1. The van der Waals surface area contributed by atoms with Crippen LogP contribution in [0.1, 0.15) is 38.5 Å². The average Bonchev–Trinajstić information content (AvgIpc) is 2.79. The summed E-state index contributed by atoms with van der Waals surface area (Å²) < 4.78 is 27.6. The first kappa shape index (κ1) is 13.0. The Morgan fingerprint density at radius 3 is 2.65 bits per heavy atom. The predicted molar refractivity (Wildman–Crippen MR) is 64.7 cm³/mol. The maximum absolute atomic E-state index is 11.9. The van der Waals surface area contributed by atoms with Crippen LogP contribution in [0.15, 0.2) is 0 Å². The van der Waals surface area contributed by atoms with Crippen LogP contribution in [0.4, 0.5) is 0 Å². The molecule has 2 atom stereocenters. The van der Waals surface area contributed by atoms with Gasteiger partial charge >= 0.3 is 0 Å². The van der Waals surface area contributed by atoms with Gasteiger partial charge in [-0.3, -0.25) is 4.79 Å². The molecule has 0 aromatic heterocycles. The van der Waals surface area contributed by atoms with Crippen molar-refractivity contribution in [2.75, 3.05) is 13.6 Å². The first-order chi connectivity index (χ1) is 8.06. The highest BCUT2D eigenvalue weighted by molar-refractivity contribution is 7.87. The Kier molecular flexibility index (Phi) is 3.85. The predicted octanol–water partition coefficient (Wildman–Crippen LogP) is 0.674. The minimum Gasteiger partial charge on any atom is -0.299 e. The van der Waals surface area contributed by atoms with Crippen LogP contribution in [0, 0.1) is 5.92 Å². The summed E-state index contributed by atoms with van der Waals surface area (Å²) >= 11 is 0. The van der Waals surface area contributed by atoms with Crippen molar-refractivity contribution in [2.24, 2.45) is 5.92 Å². The fourth-order valence-corrected chi connectivity index (χ4v) is 4.21. The number of Topliss-reactive ketones (excluding diaryl/α,β-unsaturated/α-hetero) is 1. The molecule has 1 saturated carbocycles. The molecule has 0 radical (unpaired) electrons. The van der Waals surface area contributed by atoms with Crippen molar-refractivity contribution in [3.63, 3.8) is 0 Å². The summed E-state index contributed by atoms with van der Waals surface area (Å²) in [5.74, 6) is 0.175. The van der Waals surface area contributed by atoms with Crippen molar-refractivity contribution in [3.8, 4) is 0 Å². The first-order valence-corrected chi connectivity index (χ1v) is 7.73. The highest BCUT2D eigenvalue weighted by Crippen LogP contribution is 2.33. The molecule has 0 aromatic rings. The minimum absolute atomic E-state index is 0.0747. The molecule has 2 fully saturated rings. The number of rotatable bonds is 3. The maximum atomic E-state index is 11.9. The smallest absolute Gasteiger partial charge is 0.279 e. The Morgan fingerprint density at radius 1 is 1.24 bits per heavy atom. The molecule has 0 bridgehead atoms. The molecule has 98 valence electrons. The molecule has 1 heterocycles. The maximum Gasteiger partial charge on any atom is 0.279 e. The molecule has 17 heavy (non-hydrogen) atoms. The van der Waals surface area contributed by atoms with Crippen LogP contribution in [0.2, 0.25) is 0 Å². The fraction of sp³-hybridized carbons (Fsp3) is 0.909. The molecule has 5 nitrogen and oxygen atoms in total. The molecule has 6 heteroatoms. The van der Waals surface area contributed by atoms with Crippen molar-refractivity contribution in [2.45, 2.75) is 44.6 Å². The topological polar surface area (TPSA) is 66.5 Å². The van der Waals surface area contributed by atoms with E-state index in [1.54, 1.807) is 0 Å². The molecule has 1 aliphatic heterocycles. The van der Waals surface area contributed by atoms with Crippen molar-refractivity contribution in [1.29, 1.82) is 0 Å². The first-order valence-electron chi connectivity index (χ1n) is 6.29. The number of hydrogen-bond acceptors (Lipinski definition) is 3. The van der Waals surface area contributed by atoms with Gasteiger partial charge < -0.3 is 0 Å². The van der Waals surface area contributed by atoms with E-state index in [2.05, 4.69) is 4.72 Å². The molecule has 0 amide bonds. The lowest BCUT2D eigenvalue weighted by Gasteiger charge is -2.31. The van der Waals surface area contributed by atoms with Crippen LogP contribution in [-0.4, -0.2) is 38.1 Å². The third-order valence-corrected chi connectivity index (χ3v) is 5.47. The fourth-order valence-electron chi connectivity index (χ4n) is 3.00. The third-order valence-electron chi connectivity index (χ3n) is 3.88. The highest BCUT2D eigenvalue weighted by Gasteiger charge is 2.41. The van der Waals surface area contributed by atoms with Gasteiger partial charge in [-0.15, -0.1) is 0 Å². The molecule has 2 rings (SSSR count). The molecular weight excluding hydrogens is 240 g/mol. The summed E-state index contributed by atoms with van der Waals surface area (Å²) in [6.07, 6.45) is 5.14. The number of carbonyl (C=O) groups is 1. The Hall–Kier alpha value is -0.460. The molecule has 0 aromatic carbocycles. The van der Waals surface area contributed by atoms with Gasteiger partial charge in [-0.05, 0) is 25.7 Å². The summed E-state index contributed by atoms with van der Waals surface area (Å²) in [6, 6.07) is -0.111. The largest absolute Gasteiger partial charge is 0.299 e. The van der Waals surface area contributed by atoms with E-state index in [4.69, 9.17) is 0 Å². The summed E-state index contributed by atoms with van der Waals surface area (Å²) in [6.45, 7) is 0.539. The van der Waals surface area contributed by atoms with E-state index in [9.17, 15) is 13.2 Å². The molecule has 2 aliphatic rings. The van der Waals surface area contributed by atoms with Crippen molar-refractivity contribution in [1.82, 2.24) is 9.03 Å². The van der Waals surface area contributed by atoms with Crippen LogP contribution >= 0.6 is 0 Å². The van der Waals surface area contributed by atoms with Crippen LogP contribution in [0.3, 0.4) is 0 Å². The SMILES string of the molecule is CNS(=O)(=O)N1CCCC1C1CCCCC1=O. The number of hydrogen-bond donors (Lipinski definition) is 1. The molecule has 1 N–H and O–H groups in total. The van der Waals surface area contributed by atoms with E-state index in [1.165, 1.54) is 11.4 Å². The van der Waals surface area contributed by atoms with Gasteiger partial charge in [0.1, 0.15) is 5.78 Å². The highest BCUT2D eigenvalue weighted by atomic mass is 32.2. The zero-order valence-corrected chi connectivity index (χ0v) is 11.0. The standard InChI is InChI=1S/C11H20N2O3S/c1-12-17(15,16)13-8-4-6-10(13)9-5-2-3-7-11(9)14/h9-10,12H,2-8H2,1H3. The lowest BCUT2D eigenvalue weighted by molar-refractivity contribution is -0.126. The van der Waals surface area contributed by atoms with E-state index >= 15 is 0 Å². The second kappa shape index (κ2) is 5.04. The van der Waals surface area contributed by atoms with Crippen LogP contribution in [0.25, 0.3) is 0 Å². The Balaban J connectivity index is 2.17. The van der Waals surface area contributed by atoms with Crippen molar-refractivity contribution >= 4 is 16.0 Å². The van der Waals surface area contributed by atoms with Gasteiger partial charge in [0.05, 0.1) is 0 Å². The normalized spacial score (nSPS) is 31.9. The van der Waals surface area contributed by atoms with Crippen molar-refractivity contribution in [3.05, 3.63) is 0 Å². The second-order valence-electron chi connectivity index (χ2n) is 4.85. The molecule has 1 saturated heterocycles. The summed E-state index contributed by atoms with van der Waals surface area (Å²) in [5, 5.41) is 0. The number of nitrogens with one attached hydrogen (secondary N) is 1. The van der Waals surface area contributed by atoms with Gasteiger partial charge in [0, 0.05) is 32.0 Å².